The van der Waals surface area contributed by atoms with Crippen LogP contribution in [0.2, 0.25) is 0 Å². The quantitative estimate of drug-likeness (QED) is 0.562. The normalized spacial score (nSPS) is 11.1. The highest BCUT2D eigenvalue weighted by molar-refractivity contribution is 6.08. The van der Waals surface area contributed by atoms with Gasteiger partial charge >= 0.3 is 0 Å². The minimum atomic E-state index is -0.198. The number of imidazole rings is 1. The van der Waals surface area contributed by atoms with Crippen LogP contribution in [0.4, 0.5) is 5.69 Å². The van der Waals surface area contributed by atoms with E-state index in [1.807, 2.05) is 55.8 Å². The van der Waals surface area contributed by atoms with Crippen molar-refractivity contribution in [1.29, 1.82) is 0 Å². The lowest BCUT2D eigenvalue weighted by atomic mass is 10.1. The monoisotopic (exact) mass is 374 g/mol. The summed E-state index contributed by atoms with van der Waals surface area (Å²) in [5, 5.41) is 7.22. The van der Waals surface area contributed by atoms with E-state index in [2.05, 4.69) is 26.9 Å². The fourth-order valence-corrected chi connectivity index (χ4v) is 3.17. The Balaban J connectivity index is 1.56. The Labute approximate surface area is 162 Å². The third-order valence-electron chi connectivity index (χ3n) is 4.95. The molecule has 0 saturated heterocycles. The molecule has 3 N–H and O–H groups in total. The van der Waals surface area contributed by atoms with E-state index in [-0.39, 0.29) is 5.91 Å². The van der Waals surface area contributed by atoms with Crippen molar-refractivity contribution < 1.29 is 4.79 Å². The van der Waals surface area contributed by atoms with Gasteiger partial charge in [-0.1, -0.05) is 12.1 Å². The van der Waals surface area contributed by atoms with Gasteiger partial charge < -0.3 is 15.6 Å². The average molecular weight is 374 g/mol. The molecule has 0 aliphatic carbocycles. The first kappa shape index (κ1) is 17.9. The van der Waals surface area contributed by atoms with Gasteiger partial charge in [0.05, 0.1) is 29.3 Å². The van der Waals surface area contributed by atoms with Crippen molar-refractivity contribution in [2.75, 3.05) is 5.32 Å². The molecule has 0 spiro atoms. The first-order valence-electron chi connectivity index (χ1n) is 9.10. The summed E-state index contributed by atoms with van der Waals surface area (Å²) in [6, 6.07) is 11.6. The van der Waals surface area contributed by atoms with E-state index in [1.165, 1.54) is 0 Å². The molecule has 4 aromatic rings. The fourth-order valence-electron chi connectivity index (χ4n) is 3.17. The Morgan fingerprint density at radius 3 is 2.79 bits per heavy atom. The van der Waals surface area contributed by atoms with E-state index in [0.29, 0.717) is 18.7 Å². The van der Waals surface area contributed by atoms with Crippen molar-refractivity contribution in [2.45, 2.75) is 26.9 Å². The number of anilines is 1. The van der Waals surface area contributed by atoms with Gasteiger partial charge in [0.15, 0.2) is 0 Å². The van der Waals surface area contributed by atoms with Gasteiger partial charge in [0.25, 0.3) is 5.91 Å². The van der Waals surface area contributed by atoms with Gasteiger partial charge in [-0.05, 0) is 49.2 Å². The van der Waals surface area contributed by atoms with E-state index in [1.54, 1.807) is 10.7 Å². The summed E-state index contributed by atoms with van der Waals surface area (Å²) in [5.74, 6) is -0.198. The Kier molecular flexibility index (Phi) is 4.67. The molecule has 0 unspecified atom stereocenters. The maximum Gasteiger partial charge on any atom is 0.259 e. The van der Waals surface area contributed by atoms with Crippen LogP contribution in [0.5, 0.6) is 0 Å². The third kappa shape index (κ3) is 3.39. The van der Waals surface area contributed by atoms with Gasteiger partial charge in [-0.15, -0.1) is 0 Å². The largest absolute Gasteiger partial charge is 0.330 e. The molecule has 4 rings (SSSR count). The summed E-state index contributed by atoms with van der Waals surface area (Å²) in [5.41, 5.74) is 11.9. The number of aryl methyl sites for hydroxylation is 1. The Hall–Kier alpha value is -3.45. The zero-order valence-electron chi connectivity index (χ0n) is 15.9. The standard InChI is InChI=1S/C21H22N6O/c1-14-15(2)26(13-23-14)12-17-4-3-5-18(8-17)25-21(28)19-11-24-27-7-6-16(10-22)9-20(19)27/h3-9,11,13H,10,12,22H2,1-2H3,(H,25,28). The molecule has 0 radical (unpaired) electrons. The molecule has 3 heterocycles. The number of rotatable bonds is 5. The first-order valence-corrected chi connectivity index (χ1v) is 9.10. The van der Waals surface area contributed by atoms with Gasteiger partial charge in [-0.3, -0.25) is 4.79 Å². The molecule has 3 aromatic heterocycles. The molecule has 0 atom stereocenters. The molecule has 142 valence electrons. The third-order valence-corrected chi connectivity index (χ3v) is 4.95. The van der Waals surface area contributed by atoms with Crippen LogP contribution in [0.15, 0.2) is 55.1 Å². The SMILES string of the molecule is Cc1ncn(Cc2cccc(NC(=O)c3cnn4ccc(CN)cc34)c2)c1C. The van der Waals surface area contributed by atoms with Gasteiger partial charge in [-0.2, -0.15) is 5.10 Å². The van der Waals surface area contributed by atoms with E-state index < -0.39 is 0 Å². The average Bonchev–Trinajstić information content (AvgIpc) is 3.26. The molecule has 7 heteroatoms. The lowest BCUT2D eigenvalue weighted by Crippen LogP contribution is -2.12. The van der Waals surface area contributed by atoms with Crippen molar-refractivity contribution in [2.24, 2.45) is 5.73 Å². The summed E-state index contributed by atoms with van der Waals surface area (Å²) >= 11 is 0. The highest BCUT2D eigenvalue weighted by Gasteiger charge is 2.14. The Bertz CT molecular complexity index is 1160. The van der Waals surface area contributed by atoms with Crippen LogP contribution in [0.25, 0.3) is 5.52 Å². The Morgan fingerprint density at radius 1 is 1.18 bits per heavy atom. The van der Waals surface area contributed by atoms with Gasteiger partial charge in [0.2, 0.25) is 0 Å². The number of fused-ring (bicyclic) bond motifs is 1. The molecule has 0 fully saturated rings. The second kappa shape index (κ2) is 7.28. The number of carbonyl (C=O) groups is 1. The first-order chi connectivity index (χ1) is 13.5. The predicted octanol–water partition coefficient (Wildman–Crippen LogP) is 2.91. The Morgan fingerprint density at radius 2 is 2.04 bits per heavy atom. The molecular formula is C21H22N6O. The number of pyridine rings is 1. The maximum absolute atomic E-state index is 12.8. The second-order valence-corrected chi connectivity index (χ2v) is 6.82. The van der Waals surface area contributed by atoms with E-state index in [4.69, 9.17) is 5.73 Å². The van der Waals surface area contributed by atoms with Gasteiger partial charge in [0, 0.05) is 30.7 Å². The van der Waals surface area contributed by atoms with E-state index in [9.17, 15) is 4.79 Å². The van der Waals surface area contributed by atoms with Crippen LogP contribution in [-0.2, 0) is 13.1 Å². The molecule has 0 saturated carbocycles. The number of nitrogens with zero attached hydrogens (tertiary/aromatic N) is 4. The topological polar surface area (TPSA) is 90.2 Å². The lowest BCUT2D eigenvalue weighted by Gasteiger charge is -2.09. The molecular weight excluding hydrogens is 352 g/mol. The fraction of sp³-hybridized carbons (Fsp3) is 0.190. The van der Waals surface area contributed by atoms with Crippen LogP contribution >= 0.6 is 0 Å². The number of amides is 1. The second-order valence-electron chi connectivity index (χ2n) is 6.82. The lowest BCUT2D eigenvalue weighted by molar-refractivity contribution is 0.102. The van der Waals surface area contributed by atoms with Crippen LogP contribution in [0.1, 0.15) is 32.9 Å². The van der Waals surface area contributed by atoms with Crippen molar-refractivity contribution in [3.05, 3.63) is 83.2 Å². The van der Waals surface area contributed by atoms with Crippen LogP contribution in [0.3, 0.4) is 0 Å². The minimum absolute atomic E-state index is 0.198. The molecule has 0 aliphatic rings. The maximum atomic E-state index is 12.8. The number of nitrogens with one attached hydrogen (secondary N) is 1. The number of hydrogen-bond acceptors (Lipinski definition) is 4. The van der Waals surface area contributed by atoms with Crippen molar-refractivity contribution >= 4 is 17.1 Å². The van der Waals surface area contributed by atoms with Crippen molar-refractivity contribution in [3.63, 3.8) is 0 Å². The van der Waals surface area contributed by atoms with Gasteiger partial charge in [-0.25, -0.2) is 9.50 Å². The van der Waals surface area contributed by atoms with Gasteiger partial charge in [0.1, 0.15) is 0 Å². The molecule has 1 amide bonds. The number of carbonyl (C=O) groups excluding carboxylic acids is 1. The van der Waals surface area contributed by atoms with Crippen LogP contribution in [-0.4, -0.2) is 25.1 Å². The number of benzene rings is 1. The zero-order valence-corrected chi connectivity index (χ0v) is 15.9. The van der Waals surface area contributed by atoms with Crippen LogP contribution < -0.4 is 11.1 Å². The van der Waals surface area contributed by atoms with Crippen molar-refractivity contribution in [1.82, 2.24) is 19.2 Å². The summed E-state index contributed by atoms with van der Waals surface area (Å²) in [6.45, 7) is 5.16. The minimum Gasteiger partial charge on any atom is -0.330 e. The number of hydrogen-bond donors (Lipinski definition) is 2. The highest BCUT2D eigenvalue weighted by atomic mass is 16.1. The molecule has 7 nitrogen and oxygen atoms in total. The van der Waals surface area contributed by atoms with Crippen molar-refractivity contribution in [3.8, 4) is 0 Å². The van der Waals surface area contributed by atoms with E-state index in [0.717, 1.165) is 33.7 Å². The molecule has 0 bridgehead atoms. The molecule has 0 aliphatic heterocycles. The highest BCUT2D eigenvalue weighted by Crippen LogP contribution is 2.18. The number of nitrogens with two attached hydrogens (primary N) is 1. The molecule has 1 aromatic carbocycles. The number of aromatic nitrogens is 4. The smallest absolute Gasteiger partial charge is 0.259 e. The zero-order chi connectivity index (χ0) is 19.7. The summed E-state index contributed by atoms with van der Waals surface area (Å²) < 4.78 is 3.77. The van der Waals surface area contributed by atoms with Crippen LogP contribution in [0, 0.1) is 13.8 Å². The predicted molar refractivity (Wildman–Crippen MR) is 108 cm³/mol. The summed E-state index contributed by atoms with van der Waals surface area (Å²) in [4.78, 5) is 17.1. The summed E-state index contributed by atoms with van der Waals surface area (Å²) in [6.07, 6.45) is 5.22. The molecule has 28 heavy (non-hydrogen) atoms. The summed E-state index contributed by atoms with van der Waals surface area (Å²) in [7, 11) is 0. The van der Waals surface area contributed by atoms with E-state index >= 15 is 0 Å².